The molecule has 1 saturated heterocycles. The molecule has 1 fully saturated rings. The minimum atomic E-state index is -4.89. The summed E-state index contributed by atoms with van der Waals surface area (Å²) in [6.07, 6.45) is -5.52. The van der Waals surface area contributed by atoms with E-state index in [1.807, 2.05) is 0 Å². The van der Waals surface area contributed by atoms with E-state index in [9.17, 15) is 22.8 Å². The molecule has 22 heavy (non-hydrogen) atoms. The average molecular weight is 315 g/mol. The molecule has 7 heteroatoms. The van der Waals surface area contributed by atoms with Crippen LogP contribution in [-0.4, -0.2) is 41.1 Å². The lowest BCUT2D eigenvalue weighted by atomic mass is 9.86. The molecule has 1 heterocycles. The first-order valence-corrected chi connectivity index (χ1v) is 6.76. The molecule has 0 bridgehead atoms. The second-order valence-electron chi connectivity index (χ2n) is 5.61. The minimum Gasteiger partial charge on any atom is -0.481 e. The summed E-state index contributed by atoms with van der Waals surface area (Å²) in [7, 11) is 0. The highest BCUT2D eigenvalue weighted by Gasteiger charge is 2.64. The molecule has 1 aromatic carbocycles. The van der Waals surface area contributed by atoms with Crippen LogP contribution in [0.25, 0.3) is 0 Å². The number of hydrogen-bond donors (Lipinski definition) is 1. The van der Waals surface area contributed by atoms with Crippen LogP contribution in [0.4, 0.5) is 13.2 Å². The van der Waals surface area contributed by atoms with Crippen molar-refractivity contribution in [2.75, 3.05) is 13.1 Å². The van der Waals surface area contributed by atoms with Crippen molar-refractivity contribution in [3.63, 3.8) is 0 Å². The molecule has 1 amide bonds. The van der Waals surface area contributed by atoms with Gasteiger partial charge in [-0.15, -0.1) is 0 Å². The first kappa shape index (κ1) is 16.3. The smallest absolute Gasteiger partial charge is 0.406 e. The summed E-state index contributed by atoms with van der Waals surface area (Å²) in [5, 5.41) is 9.01. The fourth-order valence-electron chi connectivity index (χ4n) is 2.66. The number of alkyl halides is 3. The number of carbonyl (C=O) groups is 2. The Morgan fingerprint density at radius 3 is 2.41 bits per heavy atom. The van der Waals surface area contributed by atoms with Crippen LogP contribution >= 0.6 is 0 Å². The lowest BCUT2D eigenvalue weighted by Crippen LogP contribution is -2.47. The number of carbonyl (C=O) groups excluding carboxylic acids is 1. The SMILES string of the molecule is Cc1cccc(C(=O)N2CCC(C(=O)O)(C(F)(F)F)C2)c1C. The maximum Gasteiger partial charge on any atom is 0.406 e. The number of carboxylic acids is 1. The Labute approximate surface area is 125 Å². The van der Waals surface area contributed by atoms with Crippen LogP contribution in [-0.2, 0) is 4.79 Å². The van der Waals surface area contributed by atoms with E-state index >= 15 is 0 Å². The normalized spacial score (nSPS) is 22.0. The van der Waals surface area contributed by atoms with Gasteiger partial charge in [-0.1, -0.05) is 12.1 Å². The highest BCUT2D eigenvalue weighted by atomic mass is 19.4. The van der Waals surface area contributed by atoms with Crippen LogP contribution < -0.4 is 0 Å². The van der Waals surface area contributed by atoms with E-state index < -0.39 is 36.4 Å². The molecular formula is C15H16F3NO3. The Morgan fingerprint density at radius 1 is 1.27 bits per heavy atom. The van der Waals surface area contributed by atoms with Crippen molar-refractivity contribution in [2.45, 2.75) is 26.4 Å². The Balaban J connectivity index is 2.31. The van der Waals surface area contributed by atoms with Crippen LogP contribution in [0.15, 0.2) is 18.2 Å². The molecule has 1 aliphatic rings. The monoisotopic (exact) mass is 315 g/mol. The average Bonchev–Trinajstić information content (AvgIpc) is 2.87. The van der Waals surface area contributed by atoms with E-state index in [0.717, 1.165) is 10.5 Å². The first-order valence-electron chi connectivity index (χ1n) is 6.76. The van der Waals surface area contributed by atoms with Crippen molar-refractivity contribution >= 4 is 11.9 Å². The van der Waals surface area contributed by atoms with Gasteiger partial charge in [-0.05, 0) is 37.5 Å². The van der Waals surface area contributed by atoms with E-state index in [1.54, 1.807) is 32.0 Å². The van der Waals surface area contributed by atoms with Gasteiger partial charge in [-0.25, -0.2) is 0 Å². The Hall–Kier alpha value is -2.05. The molecule has 0 radical (unpaired) electrons. The maximum absolute atomic E-state index is 13.1. The summed E-state index contributed by atoms with van der Waals surface area (Å²) in [4.78, 5) is 24.5. The maximum atomic E-state index is 13.1. The number of hydrogen-bond acceptors (Lipinski definition) is 2. The number of aliphatic carboxylic acids is 1. The lowest BCUT2D eigenvalue weighted by molar-refractivity contribution is -0.227. The van der Waals surface area contributed by atoms with Gasteiger partial charge in [0.15, 0.2) is 5.41 Å². The first-order chi connectivity index (χ1) is 10.1. The molecule has 120 valence electrons. The summed E-state index contributed by atoms with van der Waals surface area (Å²) in [5.41, 5.74) is -1.03. The van der Waals surface area contributed by atoms with Gasteiger partial charge in [0.1, 0.15) is 0 Å². The summed E-state index contributed by atoms with van der Waals surface area (Å²) < 4.78 is 39.4. The summed E-state index contributed by atoms with van der Waals surface area (Å²) >= 11 is 0. The van der Waals surface area contributed by atoms with Crippen molar-refractivity contribution in [3.8, 4) is 0 Å². The van der Waals surface area contributed by atoms with Crippen molar-refractivity contribution < 1.29 is 27.9 Å². The molecule has 1 aliphatic heterocycles. The van der Waals surface area contributed by atoms with Crippen LogP contribution in [0, 0.1) is 19.3 Å². The second-order valence-corrected chi connectivity index (χ2v) is 5.61. The second kappa shape index (κ2) is 5.30. The molecule has 1 aromatic rings. The van der Waals surface area contributed by atoms with Crippen LogP contribution in [0.1, 0.15) is 27.9 Å². The standard InChI is InChI=1S/C15H16F3NO3/c1-9-4-3-5-11(10(9)2)12(20)19-7-6-14(8-19,13(21)22)15(16,17)18/h3-5H,6-8H2,1-2H3,(H,21,22). The largest absolute Gasteiger partial charge is 0.481 e. The van der Waals surface area contributed by atoms with E-state index in [2.05, 4.69) is 0 Å². The van der Waals surface area contributed by atoms with Crippen LogP contribution in [0.5, 0.6) is 0 Å². The predicted octanol–water partition coefficient (Wildman–Crippen LogP) is 2.78. The van der Waals surface area contributed by atoms with Crippen molar-refractivity contribution in [2.24, 2.45) is 5.41 Å². The minimum absolute atomic E-state index is 0.224. The van der Waals surface area contributed by atoms with E-state index in [1.165, 1.54) is 0 Å². The van der Waals surface area contributed by atoms with Gasteiger partial charge in [0, 0.05) is 18.7 Å². The van der Waals surface area contributed by atoms with Crippen molar-refractivity contribution in [1.82, 2.24) is 4.90 Å². The third-order valence-electron chi connectivity index (χ3n) is 4.34. The third kappa shape index (κ3) is 2.44. The molecule has 1 atom stereocenters. The molecule has 4 nitrogen and oxygen atoms in total. The van der Waals surface area contributed by atoms with Gasteiger partial charge in [0.25, 0.3) is 5.91 Å². The number of likely N-dealkylation sites (tertiary alicyclic amines) is 1. The molecule has 0 spiro atoms. The van der Waals surface area contributed by atoms with E-state index in [4.69, 9.17) is 5.11 Å². The quantitative estimate of drug-likeness (QED) is 0.913. The fourth-order valence-corrected chi connectivity index (χ4v) is 2.66. The fraction of sp³-hybridized carbons (Fsp3) is 0.467. The van der Waals surface area contributed by atoms with Gasteiger partial charge in [-0.2, -0.15) is 13.2 Å². The molecule has 1 N–H and O–H groups in total. The highest BCUT2D eigenvalue weighted by molar-refractivity contribution is 5.96. The summed E-state index contributed by atoms with van der Waals surface area (Å²) in [6, 6.07) is 4.99. The lowest BCUT2D eigenvalue weighted by Gasteiger charge is -2.27. The van der Waals surface area contributed by atoms with Gasteiger partial charge in [0.2, 0.25) is 0 Å². The summed E-state index contributed by atoms with van der Waals surface area (Å²) in [5.74, 6) is -2.50. The third-order valence-corrected chi connectivity index (χ3v) is 4.34. The van der Waals surface area contributed by atoms with Gasteiger partial charge >= 0.3 is 12.1 Å². The predicted molar refractivity (Wildman–Crippen MR) is 72.6 cm³/mol. The zero-order chi connectivity index (χ0) is 16.7. The van der Waals surface area contributed by atoms with E-state index in [-0.39, 0.29) is 6.54 Å². The molecule has 0 aromatic heterocycles. The molecule has 0 saturated carbocycles. The molecule has 0 aliphatic carbocycles. The van der Waals surface area contributed by atoms with Crippen LogP contribution in [0.3, 0.4) is 0 Å². The molecular weight excluding hydrogens is 299 g/mol. The Kier molecular flexibility index (Phi) is 3.93. The molecule has 1 unspecified atom stereocenters. The molecule has 2 rings (SSSR count). The number of amides is 1. The van der Waals surface area contributed by atoms with Crippen LogP contribution in [0.2, 0.25) is 0 Å². The van der Waals surface area contributed by atoms with E-state index in [0.29, 0.717) is 11.1 Å². The number of nitrogens with zero attached hydrogens (tertiary/aromatic N) is 1. The Morgan fingerprint density at radius 2 is 1.91 bits per heavy atom. The topological polar surface area (TPSA) is 57.6 Å². The zero-order valence-electron chi connectivity index (χ0n) is 12.2. The highest BCUT2D eigenvalue weighted by Crippen LogP contribution is 2.46. The number of aryl methyl sites for hydroxylation is 1. The summed E-state index contributed by atoms with van der Waals surface area (Å²) in [6.45, 7) is 2.44. The van der Waals surface area contributed by atoms with Gasteiger partial charge in [-0.3, -0.25) is 9.59 Å². The number of halogens is 3. The Bertz CT molecular complexity index is 627. The number of carboxylic acid groups (broad SMARTS) is 1. The number of rotatable bonds is 2. The van der Waals surface area contributed by atoms with Crippen molar-refractivity contribution in [1.29, 1.82) is 0 Å². The van der Waals surface area contributed by atoms with Gasteiger partial charge < -0.3 is 10.0 Å². The van der Waals surface area contributed by atoms with Gasteiger partial charge in [0.05, 0.1) is 0 Å². The van der Waals surface area contributed by atoms with Crippen molar-refractivity contribution in [3.05, 3.63) is 34.9 Å². The number of benzene rings is 1. The zero-order valence-corrected chi connectivity index (χ0v) is 12.2.